The first-order chi connectivity index (χ1) is 9.58. The van der Waals surface area contributed by atoms with E-state index in [1.54, 1.807) is 12.1 Å². The van der Waals surface area contributed by atoms with Gasteiger partial charge in [0.15, 0.2) is 5.75 Å². The first-order valence-corrected chi connectivity index (χ1v) is 7.79. The fourth-order valence-electron chi connectivity index (χ4n) is 1.71. The molecule has 0 bridgehead atoms. The van der Waals surface area contributed by atoms with Crippen molar-refractivity contribution in [3.8, 4) is 5.75 Å². The molecule has 0 aliphatic carbocycles. The van der Waals surface area contributed by atoms with Gasteiger partial charge >= 0.3 is 0 Å². The molecule has 0 saturated carbocycles. The fourth-order valence-corrected chi connectivity index (χ4v) is 2.63. The monoisotopic (exact) mass is 339 g/mol. The molecule has 0 amide bonds. The highest BCUT2D eigenvalue weighted by Crippen LogP contribution is 2.35. The molecule has 0 fully saturated rings. The molecule has 20 heavy (non-hydrogen) atoms. The zero-order valence-corrected chi connectivity index (χ0v) is 14.1. The summed E-state index contributed by atoms with van der Waals surface area (Å²) in [6, 6.07) is 3.21. The van der Waals surface area contributed by atoms with Crippen LogP contribution in [0.2, 0.25) is 15.1 Å². The van der Waals surface area contributed by atoms with Gasteiger partial charge in [-0.25, -0.2) is 0 Å². The topological polar surface area (TPSA) is 21.7 Å². The van der Waals surface area contributed by atoms with E-state index in [2.05, 4.69) is 18.7 Å². The lowest BCUT2D eigenvalue weighted by Crippen LogP contribution is -2.27. The van der Waals surface area contributed by atoms with Crippen LogP contribution in [-0.2, 0) is 4.74 Å². The van der Waals surface area contributed by atoms with E-state index in [9.17, 15) is 0 Å². The third kappa shape index (κ3) is 6.06. The molecule has 0 aromatic heterocycles. The number of hydrogen-bond donors (Lipinski definition) is 0. The molecule has 0 saturated heterocycles. The number of ether oxygens (including phenoxy) is 2. The summed E-state index contributed by atoms with van der Waals surface area (Å²) in [5.74, 6) is 0.449. The van der Waals surface area contributed by atoms with Crippen LogP contribution in [0.15, 0.2) is 12.1 Å². The maximum Gasteiger partial charge on any atom is 0.156 e. The zero-order chi connectivity index (χ0) is 15.0. The second-order valence-electron chi connectivity index (χ2n) is 4.19. The van der Waals surface area contributed by atoms with Crippen molar-refractivity contribution >= 4 is 34.8 Å². The summed E-state index contributed by atoms with van der Waals surface area (Å²) >= 11 is 17.9. The van der Waals surface area contributed by atoms with Gasteiger partial charge in [-0.05, 0) is 25.2 Å². The molecule has 0 radical (unpaired) electrons. The Morgan fingerprint density at radius 2 is 1.55 bits per heavy atom. The third-order valence-electron chi connectivity index (χ3n) is 2.88. The number of likely N-dealkylation sites (N-methyl/N-ethyl adjacent to an activating group) is 1. The first kappa shape index (κ1) is 17.9. The molecule has 0 aliphatic heterocycles. The van der Waals surface area contributed by atoms with E-state index >= 15 is 0 Å². The van der Waals surface area contributed by atoms with Crippen molar-refractivity contribution in [2.24, 2.45) is 0 Å². The molecule has 0 heterocycles. The quantitative estimate of drug-likeness (QED) is 0.623. The number of rotatable bonds is 9. The van der Waals surface area contributed by atoms with Crippen molar-refractivity contribution in [1.29, 1.82) is 0 Å². The summed E-state index contributed by atoms with van der Waals surface area (Å²) in [7, 11) is 0. The van der Waals surface area contributed by atoms with Crippen LogP contribution in [0.3, 0.4) is 0 Å². The van der Waals surface area contributed by atoms with E-state index in [0.717, 1.165) is 19.6 Å². The molecule has 1 rings (SSSR count). The summed E-state index contributed by atoms with van der Waals surface area (Å²) in [6.07, 6.45) is 0. The predicted molar refractivity (Wildman–Crippen MR) is 85.6 cm³/mol. The van der Waals surface area contributed by atoms with Gasteiger partial charge < -0.3 is 14.4 Å². The lowest BCUT2D eigenvalue weighted by molar-refractivity contribution is 0.0820. The summed E-state index contributed by atoms with van der Waals surface area (Å²) in [6.45, 7) is 8.85. The Morgan fingerprint density at radius 3 is 2.10 bits per heavy atom. The Balaban J connectivity index is 2.25. The second-order valence-corrected chi connectivity index (χ2v) is 5.44. The Morgan fingerprint density at radius 1 is 0.950 bits per heavy atom. The molecule has 0 N–H and O–H groups in total. The average molecular weight is 341 g/mol. The van der Waals surface area contributed by atoms with Crippen molar-refractivity contribution < 1.29 is 9.47 Å². The van der Waals surface area contributed by atoms with Gasteiger partial charge in [0, 0.05) is 11.6 Å². The Bertz CT molecular complexity index is 388. The molecular formula is C14H20Cl3NO2. The SMILES string of the molecule is CCN(CC)CCOCCOc1c(Cl)cc(Cl)cc1Cl. The van der Waals surface area contributed by atoms with Crippen molar-refractivity contribution in [3.63, 3.8) is 0 Å². The standard InChI is InChI=1S/C14H20Cl3NO2/c1-3-18(4-2)5-6-19-7-8-20-14-12(16)9-11(15)10-13(14)17/h9-10H,3-8H2,1-2H3. The molecule has 3 nitrogen and oxygen atoms in total. The maximum absolute atomic E-state index is 6.01. The van der Waals surface area contributed by atoms with Crippen LogP contribution in [0.4, 0.5) is 0 Å². The largest absolute Gasteiger partial charge is 0.488 e. The molecule has 0 aliphatic rings. The van der Waals surface area contributed by atoms with Gasteiger partial charge in [-0.3, -0.25) is 0 Å². The Labute approximate surface area is 135 Å². The molecule has 1 aromatic carbocycles. The molecular weight excluding hydrogens is 321 g/mol. The summed E-state index contributed by atoms with van der Waals surface area (Å²) < 4.78 is 11.0. The van der Waals surface area contributed by atoms with E-state index in [4.69, 9.17) is 44.3 Å². The van der Waals surface area contributed by atoms with Crippen LogP contribution in [0.1, 0.15) is 13.8 Å². The fraction of sp³-hybridized carbons (Fsp3) is 0.571. The van der Waals surface area contributed by atoms with E-state index in [1.165, 1.54) is 0 Å². The van der Waals surface area contributed by atoms with Gasteiger partial charge in [0.25, 0.3) is 0 Å². The van der Waals surface area contributed by atoms with Crippen LogP contribution in [0.25, 0.3) is 0 Å². The van der Waals surface area contributed by atoms with Gasteiger partial charge in [-0.15, -0.1) is 0 Å². The van der Waals surface area contributed by atoms with E-state index < -0.39 is 0 Å². The lowest BCUT2D eigenvalue weighted by Gasteiger charge is -2.17. The van der Waals surface area contributed by atoms with E-state index in [1.807, 2.05) is 0 Å². The van der Waals surface area contributed by atoms with Crippen molar-refractivity contribution in [3.05, 3.63) is 27.2 Å². The van der Waals surface area contributed by atoms with Crippen LogP contribution in [0.5, 0.6) is 5.75 Å². The number of nitrogens with zero attached hydrogens (tertiary/aromatic N) is 1. The summed E-state index contributed by atoms with van der Waals surface area (Å²) in [4.78, 5) is 2.30. The summed E-state index contributed by atoms with van der Waals surface area (Å²) in [5.41, 5.74) is 0. The van der Waals surface area contributed by atoms with E-state index in [-0.39, 0.29) is 0 Å². The van der Waals surface area contributed by atoms with Crippen molar-refractivity contribution in [2.75, 3.05) is 39.5 Å². The van der Waals surface area contributed by atoms with Crippen molar-refractivity contribution in [2.45, 2.75) is 13.8 Å². The average Bonchev–Trinajstić information content (AvgIpc) is 2.40. The van der Waals surface area contributed by atoms with Gasteiger partial charge in [0.05, 0.1) is 23.3 Å². The number of hydrogen-bond acceptors (Lipinski definition) is 3. The highest BCUT2D eigenvalue weighted by molar-refractivity contribution is 6.40. The van der Waals surface area contributed by atoms with Gasteiger partial charge in [0.1, 0.15) is 6.61 Å². The third-order valence-corrected chi connectivity index (χ3v) is 3.66. The van der Waals surface area contributed by atoms with Crippen LogP contribution < -0.4 is 4.74 Å². The minimum Gasteiger partial charge on any atom is -0.488 e. The smallest absolute Gasteiger partial charge is 0.156 e. The number of halogens is 3. The lowest BCUT2D eigenvalue weighted by atomic mass is 10.3. The predicted octanol–water partition coefficient (Wildman–Crippen LogP) is 4.38. The minimum absolute atomic E-state index is 0.402. The second kappa shape index (κ2) is 9.69. The molecule has 1 aromatic rings. The van der Waals surface area contributed by atoms with Crippen LogP contribution in [0, 0.1) is 0 Å². The van der Waals surface area contributed by atoms with Crippen LogP contribution >= 0.6 is 34.8 Å². The van der Waals surface area contributed by atoms with Gasteiger partial charge in [-0.2, -0.15) is 0 Å². The molecule has 6 heteroatoms. The Hall–Kier alpha value is -0.190. The normalized spacial score (nSPS) is 11.1. The highest BCUT2D eigenvalue weighted by Gasteiger charge is 2.09. The van der Waals surface area contributed by atoms with Gasteiger partial charge in [0.2, 0.25) is 0 Å². The van der Waals surface area contributed by atoms with E-state index in [0.29, 0.717) is 40.6 Å². The minimum atomic E-state index is 0.402. The number of benzene rings is 1. The summed E-state index contributed by atoms with van der Waals surface area (Å²) in [5, 5.41) is 1.30. The van der Waals surface area contributed by atoms with Gasteiger partial charge in [-0.1, -0.05) is 48.7 Å². The molecule has 114 valence electrons. The maximum atomic E-state index is 6.01. The molecule has 0 unspecified atom stereocenters. The molecule has 0 spiro atoms. The Kier molecular flexibility index (Phi) is 8.66. The molecule has 0 atom stereocenters. The zero-order valence-electron chi connectivity index (χ0n) is 11.8. The van der Waals surface area contributed by atoms with Crippen LogP contribution in [-0.4, -0.2) is 44.4 Å². The highest BCUT2D eigenvalue weighted by atomic mass is 35.5. The van der Waals surface area contributed by atoms with Crippen molar-refractivity contribution in [1.82, 2.24) is 4.90 Å². The first-order valence-electron chi connectivity index (χ1n) is 6.65.